The third-order valence-electron chi connectivity index (χ3n) is 4.81. The Kier molecular flexibility index (Phi) is 6.90. The molecule has 0 aliphatic carbocycles. The fraction of sp³-hybridized carbons (Fsp3) is 0.125. The van der Waals surface area contributed by atoms with Gasteiger partial charge in [0, 0.05) is 21.8 Å². The Morgan fingerprint density at radius 2 is 1.79 bits per heavy atom. The highest BCUT2D eigenvalue weighted by atomic mass is 79.9. The monoisotopic (exact) mass is 528 g/mol. The molecule has 4 rings (SSSR count). The highest BCUT2D eigenvalue weighted by Gasteiger charge is 2.19. The SMILES string of the molecule is Cc1ccc(-n2c(SCC(=O)Nc3c(F)cc(F)cc3Br)nnc2-c2cccc(C)c2)cc1. The maximum atomic E-state index is 14.1. The second-order valence-electron chi connectivity index (χ2n) is 7.43. The number of thioether (sulfide) groups is 1. The first kappa shape index (κ1) is 23.1. The van der Waals surface area contributed by atoms with Crippen molar-refractivity contribution < 1.29 is 13.6 Å². The molecule has 4 aromatic rings. The molecule has 0 saturated carbocycles. The van der Waals surface area contributed by atoms with E-state index in [1.165, 1.54) is 11.8 Å². The average Bonchev–Trinajstić information content (AvgIpc) is 3.19. The van der Waals surface area contributed by atoms with Crippen LogP contribution < -0.4 is 5.32 Å². The minimum atomic E-state index is -0.857. The van der Waals surface area contributed by atoms with Crippen LogP contribution >= 0.6 is 27.7 Å². The van der Waals surface area contributed by atoms with Gasteiger partial charge in [0.05, 0.1) is 11.4 Å². The van der Waals surface area contributed by atoms with Crippen LogP contribution in [0.25, 0.3) is 17.1 Å². The predicted octanol–water partition coefficient (Wildman–Crippen LogP) is 6.32. The van der Waals surface area contributed by atoms with E-state index in [1.807, 2.05) is 66.9 Å². The first-order chi connectivity index (χ1) is 15.8. The van der Waals surface area contributed by atoms with Crippen molar-refractivity contribution in [1.29, 1.82) is 0 Å². The summed E-state index contributed by atoms with van der Waals surface area (Å²) >= 11 is 4.25. The maximum Gasteiger partial charge on any atom is 0.234 e. The van der Waals surface area contributed by atoms with Gasteiger partial charge in [-0.3, -0.25) is 9.36 Å². The van der Waals surface area contributed by atoms with Gasteiger partial charge in [-0.2, -0.15) is 0 Å². The molecule has 33 heavy (non-hydrogen) atoms. The lowest BCUT2D eigenvalue weighted by molar-refractivity contribution is -0.113. The number of nitrogens with one attached hydrogen (secondary N) is 1. The number of anilines is 1. The molecule has 1 N–H and O–H groups in total. The molecule has 0 fully saturated rings. The molecule has 3 aromatic carbocycles. The highest BCUT2D eigenvalue weighted by Crippen LogP contribution is 2.30. The minimum absolute atomic E-state index is 0.0406. The second kappa shape index (κ2) is 9.84. The van der Waals surface area contributed by atoms with E-state index < -0.39 is 17.5 Å². The van der Waals surface area contributed by atoms with E-state index in [0.29, 0.717) is 11.0 Å². The number of carbonyl (C=O) groups is 1. The van der Waals surface area contributed by atoms with Crippen molar-refractivity contribution in [3.05, 3.63) is 87.9 Å². The summed E-state index contributed by atoms with van der Waals surface area (Å²) in [6.07, 6.45) is 0. The van der Waals surface area contributed by atoms with Gasteiger partial charge < -0.3 is 5.32 Å². The number of benzene rings is 3. The van der Waals surface area contributed by atoms with E-state index in [9.17, 15) is 13.6 Å². The second-order valence-corrected chi connectivity index (χ2v) is 9.22. The van der Waals surface area contributed by atoms with E-state index in [2.05, 4.69) is 31.4 Å². The van der Waals surface area contributed by atoms with Gasteiger partial charge in [0.25, 0.3) is 0 Å². The van der Waals surface area contributed by atoms with Crippen molar-refractivity contribution in [3.8, 4) is 17.1 Å². The van der Waals surface area contributed by atoms with Crippen LogP contribution in [0.2, 0.25) is 0 Å². The van der Waals surface area contributed by atoms with E-state index >= 15 is 0 Å². The fourth-order valence-corrected chi connectivity index (χ4v) is 4.49. The molecule has 0 aliphatic rings. The fourth-order valence-electron chi connectivity index (χ4n) is 3.23. The van der Waals surface area contributed by atoms with Crippen LogP contribution in [0.4, 0.5) is 14.5 Å². The zero-order valence-corrected chi connectivity index (χ0v) is 20.2. The zero-order valence-electron chi connectivity index (χ0n) is 17.8. The summed E-state index contributed by atoms with van der Waals surface area (Å²) in [5.41, 5.74) is 3.85. The smallest absolute Gasteiger partial charge is 0.234 e. The Morgan fingerprint density at radius 3 is 2.48 bits per heavy atom. The molecule has 5 nitrogen and oxygen atoms in total. The molecule has 0 spiro atoms. The summed E-state index contributed by atoms with van der Waals surface area (Å²) in [6.45, 7) is 4.01. The maximum absolute atomic E-state index is 14.1. The molecule has 0 aliphatic heterocycles. The highest BCUT2D eigenvalue weighted by molar-refractivity contribution is 9.10. The number of nitrogens with zero attached hydrogens (tertiary/aromatic N) is 3. The number of carbonyl (C=O) groups excluding carboxylic acids is 1. The summed E-state index contributed by atoms with van der Waals surface area (Å²) in [5.74, 6) is -1.44. The first-order valence-corrected chi connectivity index (χ1v) is 11.8. The van der Waals surface area contributed by atoms with E-state index in [4.69, 9.17) is 0 Å². The molecule has 0 radical (unpaired) electrons. The van der Waals surface area contributed by atoms with Crippen molar-refractivity contribution in [2.24, 2.45) is 0 Å². The number of hydrogen-bond acceptors (Lipinski definition) is 4. The van der Waals surface area contributed by atoms with Gasteiger partial charge in [0.15, 0.2) is 16.8 Å². The van der Waals surface area contributed by atoms with Crippen LogP contribution in [-0.2, 0) is 4.79 Å². The average molecular weight is 529 g/mol. The predicted molar refractivity (Wildman–Crippen MR) is 130 cm³/mol. The Labute approximate surface area is 202 Å². The van der Waals surface area contributed by atoms with Gasteiger partial charge in [0.1, 0.15) is 5.82 Å². The standard InChI is InChI=1S/C24H19BrF2N4OS/c1-14-6-8-18(9-7-14)31-23(16-5-3-4-15(2)10-16)29-30-24(31)33-13-21(32)28-22-19(25)11-17(26)12-20(22)27/h3-12H,13H2,1-2H3,(H,28,32). The lowest BCUT2D eigenvalue weighted by Gasteiger charge is -2.12. The Balaban J connectivity index is 1.61. The third-order valence-corrected chi connectivity index (χ3v) is 6.36. The van der Waals surface area contributed by atoms with Crippen molar-refractivity contribution >= 4 is 39.3 Å². The lowest BCUT2D eigenvalue weighted by atomic mass is 10.1. The molecule has 168 valence electrons. The quantitative estimate of drug-likeness (QED) is 0.297. The summed E-state index contributed by atoms with van der Waals surface area (Å²) in [4.78, 5) is 12.5. The Hall–Kier alpha value is -3.04. The van der Waals surface area contributed by atoms with Crippen molar-refractivity contribution in [3.63, 3.8) is 0 Å². The number of amides is 1. The first-order valence-electron chi connectivity index (χ1n) is 9.98. The summed E-state index contributed by atoms with van der Waals surface area (Å²) < 4.78 is 29.4. The van der Waals surface area contributed by atoms with Crippen molar-refractivity contribution in [2.75, 3.05) is 11.1 Å². The van der Waals surface area contributed by atoms with Crippen LogP contribution in [0, 0.1) is 25.5 Å². The van der Waals surface area contributed by atoms with E-state index in [-0.39, 0.29) is 15.9 Å². The van der Waals surface area contributed by atoms with Gasteiger partial charge in [-0.1, -0.05) is 53.2 Å². The van der Waals surface area contributed by atoms with Crippen LogP contribution in [0.3, 0.4) is 0 Å². The largest absolute Gasteiger partial charge is 0.322 e. The van der Waals surface area contributed by atoms with Crippen molar-refractivity contribution in [1.82, 2.24) is 14.8 Å². The minimum Gasteiger partial charge on any atom is -0.322 e. The Morgan fingerprint density at radius 1 is 1.03 bits per heavy atom. The third kappa shape index (κ3) is 5.31. The van der Waals surface area contributed by atoms with E-state index in [0.717, 1.165) is 34.5 Å². The normalized spacial score (nSPS) is 10.9. The number of halogens is 3. The molecule has 0 unspecified atom stereocenters. The molecule has 1 heterocycles. The topological polar surface area (TPSA) is 59.8 Å². The molecule has 1 aromatic heterocycles. The van der Waals surface area contributed by atoms with Crippen LogP contribution in [0.1, 0.15) is 11.1 Å². The molecular formula is C24H19BrF2N4OS. The molecule has 0 saturated heterocycles. The van der Waals surface area contributed by atoms with Gasteiger partial charge in [-0.15, -0.1) is 10.2 Å². The van der Waals surface area contributed by atoms with Crippen molar-refractivity contribution in [2.45, 2.75) is 19.0 Å². The van der Waals surface area contributed by atoms with Crippen LogP contribution in [0.5, 0.6) is 0 Å². The van der Waals surface area contributed by atoms with Crippen LogP contribution in [0.15, 0.2) is 70.3 Å². The molecule has 0 bridgehead atoms. The number of aryl methyl sites for hydroxylation is 2. The number of hydrogen-bond donors (Lipinski definition) is 1. The summed E-state index contributed by atoms with van der Waals surface area (Å²) in [6, 6.07) is 17.7. The molecule has 0 atom stereocenters. The van der Waals surface area contributed by atoms with Crippen LogP contribution in [-0.4, -0.2) is 26.4 Å². The Bertz CT molecular complexity index is 1300. The zero-order chi connectivity index (χ0) is 23.5. The summed E-state index contributed by atoms with van der Waals surface area (Å²) in [7, 11) is 0. The van der Waals surface area contributed by atoms with Gasteiger partial charge >= 0.3 is 0 Å². The molecular weight excluding hydrogens is 510 g/mol. The van der Waals surface area contributed by atoms with Gasteiger partial charge in [0.2, 0.25) is 5.91 Å². The summed E-state index contributed by atoms with van der Waals surface area (Å²) in [5, 5.41) is 11.7. The number of aromatic nitrogens is 3. The lowest BCUT2D eigenvalue weighted by Crippen LogP contribution is -2.16. The van der Waals surface area contributed by atoms with E-state index in [1.54, 1.807) is 0 Å². The molecule has 1 amide bonds. The molecule has 9 heteroatoms. The number of rotatable bonds is 6. The van der Waals surface area contributed by atoms with Gasteiger partial charge in [-0.25, -0.2) is 8.78 Å². The van der Waals surface area contributed by atoms with Gasteiger partial charge in [-0.05, 0) is 54.0 Å².